The molecule has 1 saturated heterocycles. The van der Waals surface area contributed by atoms with Crippen molar-refractivity contribution in [1.29, 1.82) is 0 Å². The summed E-state index contributed by atoms with van der Waals surface area (Å²) < 4.78 is 11.8. The number of nitrogens with one attached hydrogen (secondary N) is 3. The highest BCUT2D eigenvalue weighted by Crippen LogP contribution is 2.36. The number of aromatic nitrogens is 1. The second-order valence-corrected chi connectivity index (χ2v) is 18.7. The number of methoxy groups -OCH3 is 1. The van der Waals surface area contributed by atoms with Crippen molar-refractivity contribution in [3.05, 3.63) is 187 Å². The lowest BCUT2D eigenvalue weighted by molar-refractivity contribution is -0.148. The molecule has 2 aromatic heterocycles. The van der Waals surface area contributed by atoms with Crippen LogP contribution >= 0.6 is 22.9 Å². The number of fused-ring (bicyclic) bond motifs is 1. The van der Waals surface area contributed by atoms with Gasteiger partial charge in [0.1, 0.15) is 17.4 Å². The molecule has 0 saturated carbocycles. The summed E-state index contributed by atoms with van der Waals surface area (Å²) in [6.45, 7) is 6.11. The Labute approximate surface area is 393 Å². The fraction of sp³-hybridized carbons (Fsp3) is 0.264. The Balaban J connectivity index is 0.878. The van der Waals surface area contributed by atoms with Crippen molar-refractivity contribution >= 4 is 45.7 Å². The standard InChI is InChI=1S/C53H53ClN4O7S/c1-53(22-24-58(25-23-53)32-34-10-5-3-6-11-34)33-65-52(63)49(35-12-7-4-8-13-35)37-15-9-14-36(26-37)47-20-16-39(66-47)30-56-51(62)42-28-46(64-2)38(27-43(42)54)29-55-31-45(60)40-17-19-44(59)50-41(40)18-21-48(61)57-50/h3-21,26-28,45,49,55,59-60H,22-25,29-33H2,1-2H3,(H,56,62)(H,57,61). The molecule has 1 fully saturated rings. The van der Waals surface area contributed by atoms with Crippen LogP contribution in [0.4, 0.5) is 0 Å². The second-order valence-electron chi connectivity index (χ2n) is 17.2. The number of hydrogen-bond acceptors (Lipinski definition) is 10. The number of rotatable bonds is 17. The predicted octanol–water partition coefficient (Wildman–Crippen LogP) is 9.35. The number of thiophene rings is 1. The molecule has 13 heteroatoms. The van der Waals surface area contributed by atoms with Crippen LogP contribution in [0, 0.1) is 5.41 Å². The number of benzene rings is 5. The van der Waals surface area contributed by atoms with Gasteiger partial charge < -0.3 is 35.3 Å². The summed E-state index contributed by atoms with van der Waals surface area (Å²) in [6.07, 6.45) is 0.946. The minimum Gasteiger partial charge on any atom is -0.506 e. The van der Waals surface area contributed by atoms with Gasteiger partial charge in [0.2, 0.25) is 5.56 Å². The lowest BCUT2D eigenvalue weighted by atomic mass is 9.81. The number of phenolic OH excluding ortho intramolecular Hbond substituents is 1. The number of aromatic amines is 1. The molecule has 0 aliphatic carbocycles. The molecule has 1 aliphatic heterocycles. The number of carbonyl (C=O) groups is 2. The van der Waals surface area contributed by atoms with E-state index in [0.717, 1.165) is 58.9 Å². The van der Waals surface area contributed by atoms with Crippen molar-refractivity contribution < 1.29 is 29.3 Å². The molecule has 5 N–H and O–H groups in total. The molecule has 7 aromatic rings. The van der Waals surface area contributed by atoms with Crippen LogP contribution < -0.4 is 20.9 Å². The Kier molecular flexibility index (Phi) is 14.7. The Hall–Kier alpha value is -6.28. The molecule has 1 aliphatic rings. The van der Waals surface area contributed by atoms with Gasteiger partial charge in [0.05, 0.1) is 42.5 Å². The maximum atomic E-state index is 14.1. The topological polar surface area (TPSA) is 153 Å². The van der Waals surface area contributed by atoms with Gasteiger partial charge in [-0.2, -0.15) is 0 Å². The number of aliphatic hydroxyl groups is 1. The molecular weight excluding hydrogens is 872 g/mol. The molecule has 0 spiro atoms. The summed E-state index contributed by atoms with van der Waals surface area (Å²) >= 11 is 8.23. The van der Waals surface area contributed by atoms with E-state index >= 15 is 0 Å². The number of H-pyrrole nitrogens is 1. The number of likely N-dealkylation sites (tertiary alicyclic amines) is 1. The molecule has 11 nitrogen and oxygen atoms in total. The molecule has 2 unspecified atom stereocenters. The number of phenols is 1. The molecule has 340 valence electrons. The van der Waals surface area contributed by atoms with E-state index in [9.17, 15) is 24.6 Å². The van der Waals surface area contributed by atoms with E-state index in [4.69, 9.17) is 21.1 Å². The smallest absolute Gasteiger partial charge is 0.317 e. The number of nitrogens with zero attached hydrogens (tertiary/aromatic N) is 1. The number of aliphatic hydroxyl groups excluding tert-OH is 1. The average molecular weight is 926 g/mol. The SMILES string of the molecule is COc1cc(C(=O)NCc2ccc(-c3cccc(C(C(=O)OCC4(C)CCN(Cc5ccccc5)CC4)c4ccccc4)c3)s2)c(Cl)cc1CNCC(O)c1ccc(O)c2[nH]c(=O)ccc12. The van der Waals surface area contributed by atoms with Gasteiger partial charge in [0.25, 0.3) is 5.91 Å². The summed E-state index contributed by atoms with van der Waals surface area (Å²) in [5, 5.41) is 28.2. The minimum atomic E-state index is -0.958. The van der Waals surface area contributed by atoms with Gasteiger partial charge in [0, 0.05) is 51.8 Å². The molecule has 3 heterocycles. The first-order valence-electron chi connectivity index (χ1n) is 22.0. The molecular formula is C53H53ClN4O7S. The van der Waals surface area contributed by atoms with E-state index < -0.39 is 12.0 Å². The molecule has 8 rings (SSSR count). The Morgan fingerprint density at radius 3 is 2.38 bits per heavy atom. The summed E-state index contributed by atoms with van der Waals surface area (Å²) in [5.74, 6) is -0.860. The van der Waals surface area contributed by atoms with Crippen LogP contribution in [0.25, 0.3) is 21.3 Å². The molecule has 2 atom stereocenters. The zero-order valence-corrected chi connectivity index (χ0v) is 38.5. The lowest BCUT2D eigenvalue weighted by Gasteiger charge is -2.39. The quantitative estimate of drug-likeness (QED) is 0.0563. The zero-order valence-electron chi connectivity index (χ0n) is 36.9. The molecule has 0 radical (unpaired) electrons. The molecule has 1 amide bonds. The molecule has 5 aromatic carbocycles. The minimum absolute atomic E-state index is 0.0860. The second kappa shape index (κ2) is 20.9. The average Bonchev–Trinajstić information content (AvgIpc) is 3.81. The van der Waals surface area contributed by atoms with Gasteiger partial charge in [-0.15, -0.1) is 11.3 Å². The van der Waals surface area contributed by atoms with Crippen LogP contribution in [0.5, 0.6) is 11.5 Å². The summed E-state index contributed by atoms with van der Waals surface area (Å²) in [7, 11) is 1.51. The van der Waals surface area contributed by atoms with E-state index in [0.29, 0.717) is 28.9 Å². The van der Waals surface area contributed by atoms with Crippen molar-refractivity contribution in [3.8, 4) is 21.9 Å². The van der Waals surface area contributed by atoms with E-state index in [-0.39, 0.29) is 64.3 Å². The first-order valence-corrected chi connectivity index (χ1v) is 23.2. The van der Waals surface area contributed by atoms with Crippen LogP contribution in [-0.2, 0) is 29.2 Å². The third-order valence-electron chi connectivity index (χ3n) is 12.4. The largest absolute Gasteiger partial charge is 0.506 e. The van der Waals surface area contributed by atoms with E-state index in [1.54, 1.807) is 35.6 Å². The lowest BCUT2D eigenvalue weighted by Crippen LogP contribution is -2.41. The number of hydrogen-bond donors (Lipinski definition) is 5. The predicted molar refractivity (Wildman–Crippen MR) is 260 cm³/mol. The number of aromatic hydroxyl groups is 1. The fourth-order valence-electron chi connectivity index (χ4n) is 8.54. The molecule has 0 bridgehead atoms. The maximum Gasteiger partial charge on any atom is 0.317 e. The van der Waals surface area contributed by atoms with Crippen LogP contribution in [0.15, 0.2) is 138 Å². The number of carbonyl (C=O) groups excluding carboxylic acids is 2. The highest BCUT2D eigenvalue weighted by Gasteiger charge is 2.33. The van der Waals surface area contributed by atoms with Crippen molar-refractivity contribution in [1.82, 2.24) is 20.5 Å². The third-order valence-corrected chi connectivity index (χ3v) is 13.8. The van der Waals surface area contributed by atoms with Gasteiger partial charge in [-0.05, 0) is 96.2 Å². The van der Waals surface area contributed by atoms with Crippen molar-refractivity contribution in [3.63, 3.8) is 0 Å². The number of pyridine rings is 1. The van der Waals surface area contributed by atoms with Gasteiger partial charge >= 0.3 is 5.97 Å². The number of piperidine rings is 1. The van der Waals surface area contributed by atoms with E-state index in [1.807, 2.05) is 66.7 Å². The van der Waals surface area contributed by atoms with Crippen LogP contribution in [0.3, 0.4) is 0 Å². The van der Waals surface area contributed by atoms with Gasteiger partial charge in [0.15, 0.2) is 0 Å². The fourth-order valence-corrected chi connectivity index (χ4v) is 9.75. The van der Waals surface area contributed by atoms with Crippen LogP contribution in [0.2, 0.25) is 5.02 Å². The number of amides is 1. The third kappa shape index (κ3) is 11.0. The summed E-state index contributed by atoms with van der Waals surface area (Å²) in [4.78, 5) is 46.4. The van der Waals surface area contributed by atoms with Gasteiger partial charge in [-0.1, -0.05) is 103 Å². The van der Waals surface area contributed by atoms with Gasteiger partial charge in [-0.3, -0.25) is 19.3 Å². The van der Waals surface area contributed by atoms with Crippen molar-refractivity contribution in [2.75, 3.05) is 33.4 Å². The highest BCUT2D eigenvalue weighted by atomic mass is 35.5. The Bertz CT molecular complexity index is 2860. The molecule has 66 heavy (non-hydrogen) atoms. The maximum absolute atomic E-state index is 14.1. The van der Waals surface area contributed by atoms with Crippen molar-refractivity contribution in [2.24, 2.45) is 5.41 Å². The Morgan fingerprint density at radius 2 is 1.62 bits per heavy atom. The number of esters is 1. The number of halogens is 1. The van der Waals surface area contributed by atoms with E-state index in [2.05, 4.69) is 57.8 Å². The van der Waals surface area contributed by atoms with E-state index in [1.165, 1.54) is 24.8 Å². The normalized spacial score (nSPS) is 14.7. The first-order chi connectivity index (χ1) is 32.0. The van der Waals surface area contributed by atoms with Crippen LogP contribution in [-0.4, -0.2) is 65.3 Å². The first kappa shape index (κ1) is 46.3. The summed E-state index contributed by atoms with van der Waals surface area (Å²) in [6, 6.07) is 41.6. The Morgan fingerprint density at radius 1 is 0.879 bits per heavy atom. The highest BCUT2D eigenvalue weighted by molar-refractivity contribution is 7.15. The van der Waals surface area contributed by atoms with Gasteiger partial charge in [-0.25, -0.2) is 0 Å². The van der Waals surface area contributed by atoms with Crippen LogP contribution in [0.1, 0.15) is 74.8 Å². The summed E-state index contributed by atoms with van der Waals surface area (Å²) in [5.41, 5.74) is 5.26. The number of ether oxygens (including phenoxy) is 2. The van der Waals surface area contributed by atoms with Crippen molar-refractivity contribution in [2.45, 2.75) is 51.4 Å². The zero-order chi connectivity index (χ0) is 46.2. The monoisotopic (exact) mass is 924 g/mol.